The van der Waals surface area contributed by atoms with Gasteiger partial charge in [-0.3, -0.25) is 19.3 Å². The Morgan fingerprint density at radius 3 is 1.40 bits per heavy atom. The number of aliphatic carboxylic acids is 2. The van der Waals surface area contributed by atoms with Gasteiger partial charge in [0.25, 0.3) is 0 Å². The summed E-state index contributed by atoms with van der Waals surface area (Å²) in [6.07, 6.45) is 8.22. The monoisotopic (exact) mass is 792 g/mol. The van der Waals surface area contributed by atoms with Crippen molar-refractivity contribution in [3.8, 4) is 0 Å². The quantitative estimate of drug-likeness (QED) is 0.0611. The zero-order chi connectivity index (χ0) is 40.2. The van der Waals surface area contributed by atoms with Crippen LogP contribution < -0.4 is 5.32 Å². The average molecular weight is 793 g/mol. The highest BCUT2D eigenvalue weighted by Gasteiger charge is 2.33. The van der Waals surface area contributed by atoms with Crippen LogP contribution in [0.2, 0.25) is 0 Å². The number of nitrogens with zero attached hydrogens (tertiary/aromatic N) is 1. The Bertz CT molecular complexity index is 952. The molecule has 0 aliphatic heterocycles. The number of nitrogens with one attached hydrogen (secondary N) is 1. The Labute approximate surface area is 328 Å². The second-order valence-corrected chi connectivity index (χ2v) is 13.9. The van der Waals surface area contributed by atoms with Crippen molar-refractivity contribution in [1.29, 1.82) is 0 Å². The van der Waals surface area contributed by atoms with Crippen molar-refractivity contribution in [2.24, 2.45) is 17.3 Å². The number of amides is 1. The smallest absolute Gasteiger partial charge is 0.305 e. The highest BCUT2D eigenvalue weighted by Crippen LogP contribution is 2.35. The van der Waals surface area contributed by atoms with Crippen molar-refractivity contribution >= 4 is 17.8 Å². The average Bonchev–Trinajstić information content (AvgIpc) is 3.14. The Kier molecular flexibility index (Phi) is 32.3. The molecule has 55 heavy (non-hydrogen) atoms. The third-order valence-electron chi connectivity index (χ3n) is 9.02. The van der Waals surface area contributed by atoms with E-state index in [9.17, 15) is 14.4 Å². The SMILES string of the molecule is CC(C)C1/C=C/CCC(C)(C(=O)NCCOCCOCCOCCN(CCOCCOCCOCCC(=O)O)CCOCCOCCOCCC(=O)O)CC1. The third-order valence-corrected chi connectivity index (χ3v) is 9.02. The van der Waals surface area contributed by atoms with Crippen LogP contribution in [-0.2, 0) is 57.0 Å². The van der Waals surface area contributed by atoms with Gasteiger partial charge in [0.15, 0.2) is 0 Å². The lowest BCUT2D eigenvalue weighted by atomic mass is 9.74. The predicted molar refractivity (Wildman–Crippen MR) is 205 cm³/mol. The molecule has 0 saturated heterocycles. The lowest BCUT2D eigenvalue weighted by Gasteiger charge is -2.32. The number of rotatable bonds is 38. The minimum Gasteiger partial charge on any atom is -0.481 e. The van der Waals surface area contributed by atoms with Crippen LogP contribution in [0.15, 0.2) is 12.2 Å². The molecule has 0 saturated carbocycles. The van der Waals surface area contributed by atoms with E-state index in [1.54, 1.807) is 0 Å². The first-order valence-electron chi connectivity index (χ1n) is 19.9. The maximum atomic E-state index is 13.0. The Balaban J connectivity index is 2.16. The summed E-state index contributed by atoms with van der Waals surface area (Å²) in [7, 11) is 0. The molecule has 0 radical (unpaired) electrons. The molecule has 2 unspecified atom stereocenters. The molecule has 3 N–H and O–H groups in total. The molecule has 0 fully saturated rings. The van der Waals surface area contributed by atoms with Crippen LogP contribution in [0.25, 0.3) is 0 Å². The van der Waals surface area contributed by atoms with E-state index in [0.717, 1.165) is 25.7 Å². The summed E-state index contributed by atoms with van der Waals surface area (Å²) in [5, 5.41) is 20.3. The Morgan fingerprint density at radius 1 is 0.618 bits per heavy atom. The van der Waals surface area contributed by atoms with Gasteiger partial charge in [-0.25, -0.2) is 0 Å². The number of carboxylic acids is 2. The van der Waals surface area contributed by atoms with Crippen molar-refractivity contribution in [1.82, 2.24) is 10.2 Å². The Hall–Kier alpha value is -2.25. The van der Waals surface area contributed by atoms with Gasteiger partial charge in [-0.2, -0.15) is 0 Å². The summed E-state index contributed by atoms with van der Waals surface area (Å²) in [4.78, 5) is 36.2. The van der Waals surface area contributed by atoms with Crippen LogP contribution in [-0.4, -0.2) is 178 Å². The molecule has 2 atom stereocenters. The topological polar surface area (TPSA) is 190 Å². The van der Waals surface area contributed by atoms with Crippen LogP contribution in [0.5, 0.6) is 0 Å². The first-order chi connectivity index (χ1) is 26.6. The van der Waals surface area contributed by atoms with Crippen molar-refractivity contribution < 1.29 is 67.2 Å². The first-order valence-corrected chi connectivity index (χ1v) is 19.9. The van der Waals surface area contributed by atoms with E-state index in [2.05, 4.69) is 43.1 Å². The molecule has 0 aromatic carbocycles. The van der Waals surface area contributed by atoms with E-state index in [1.165, 1.54) is 0 Å². The van der Waals surface area contributed by atoms with Gasteiger partial charge >= 0.3 is 11.9 Å². The van der Waals surface area contributed by atoms with E-state index in [4.69, 9.17) is 52.8 Å². The summed E-state index contributed by atoms with van der Waals surface area (Å²) in [6.45, 7) is 16.3. The van der Waals surface area contributed by atoms with Gasteiger partial charge in [0, 0.05) is 31.6 Å². The standard InChI is InChI=1S/C39H72N2O14/c1-34(2)35-6-4-5-10-39(3,11-7-35)38(46)40-12-18-49-24-30-55-33-27-52-21-15-41(13-19-50-25-31-53-28-22-47-16-8-36(42)43)14-20-51-26-32-54-29-23-48-17-9-37(44)45/h4,6,34-35H,5,7-33H2,1-3H3,(H,40,46)(H,42,43)(H,44,45)/b6-4+. The van der Waals surface area contributed by atoms with E-state index in [0.29, 0.717) is 144 Å². The lowest BCUT2D eigenvalue weighted by molar-refractivity contribution is -0.139. The van der Waals surface area contributed by atoms with Crippen LogP contribution in [0.3, 0.4) is 0 Å². The van der Waals surface area contributed by atoms with E-state index >= 15 is 0 Å². The number of carbonyl (C=O) groups is 3. The molecular weight excluding hydrogens is 720 g/mol. The minimum atomic E-state index is -0.890. The van der Waals surface area contributed by atoms with Crippen molar-refractivity contribution in [3.63, 3.8) is 0 Å². The molecule has 0 aromatic heterocycles. The van der Waals surface area contributed by atoms with Crippen molar-refractivity contribution in [2.75, 3.05) is 145 Å². The van der Waals surface area contributed by atoms with E-state index < -0.39 is 11.9 Å². The number of carboxylic acid groups (broad SMARTS) is 2. The van der Waals surface area contributed by atoms with Gasteiger partial charge in [0.2, 0.25) is 5.91 Å². The predicted octanol–water partition coefficient (Wildman–Crippen LogP) is 2.91. The summed E-state index contributed by atoms with van der Waals surface area (Å²) in [5.74, 6) is -0.563. The molecule has 0 heterocycles. The number of ether oxygens (including phenoxy) is 9. The van der Waals surface area contributed by atoms with Gasteiger partial charge < -0.3 is 58.2 Å². The molecule has 1 aliphatic rings. The summed E-state index contributed by atoms with van der Waals surface area (Å²) in [6, 6.07) is 0. The second kappa shape index (κ2) is 35.0. The zero-order valence-electron chi connectivity index (χ0n) is 33.8. The zero-order valence-corrected chi connectivity index (χ0v) is 33.8. The molecule has 1 aliphatic carbocycles. The number of carbonyl (C=O) groups excluding carboxylic acids is 1. The maximum Gasteiger partial charge on any atom is 0.305 e. The summed E-state index contributed by atoms with van der Waals surface area (Å²) >= 11 is 0. The molecule has 16 nitrogen and oxygen atoms in total. The third kappa shape index (κ3) is 30.6. The molecule has 16 heteroatoms. The highest BCUT2D eigenvalue weighted by atomic mass is 16.6. The second-order valence-electron chi connectivity index (χ2n) is 13.9. The fourth-order valence-electron chi connectivity index (χ4n) is 5.47. The fraction of sp³-hybridized carbons (Fsp3) is 0.872. The molecule has 0 spiro atoms. The normalized spacial score (nSPS) is 18.0. The molecule has 1 amide bonds. The van der Waals surface area contributed by atoms with Gasteiger partial charge in [-0.15, -0.1) is 0 Å². The number of allylic oxidation sites excluding steroid dienone is 2. The molecule has 322 valence electrons. The Morgan fingerprint density at radius 2 is 1.00 bits per heavy atom. The molecule has 0 aromatic rings. The number of hydrogen-bond acceptors (Lipinski definition) is 13. The van der Waals surface area contributed by atoms with E-state index in [1.807, 2.05) is 0 Å². The van der Waals surface area contributed by atoms with Crippen LogP contribution >= 0.6 is 0 Å². The van der Waals surface area contributed by atoms with Gasteiger partial charge in [0.05, 0.1) is 132 Å². The highest BCUT2D eigenvalue weighted by molar-refractivity contribution is 5.82. The fourth-order valence-corrected chi connectivity index (χ4v) is 5.47. The molecule has 0 bridgehead atoms. The minimum absolute atomic E-state index is 0.0265. The number of hydrogen-bond donors (Lipinski definition) is 3. The van der Waals surface area contributed by atoms with Crippen LogP contribution in [0, 0.1) is 17.3 Å². The first kappa shape index (κ1) is 50.8. The van der Waals surface area contributed by atoms with Gasteiger partial charge in [-0.05, 0) is 37.5 Å². The van der Waals surface area contributed by atoms with E-state index in [-0.39, 0.29) is 37.4 Å². The van der Waals surface area contributed by atoms with Gasteiger partial charge in [0.1, 0.15) is 0 Å². The van der Waals surface area contributed by atoms with Gasteiger partial charge in [-0.1, -0.05) is 32.9 Å². The van der Waals surface area contributed by atoms with Crippen LogP contribution in [0.1, 0.15) is 59.3 Å². The lowest BCUT2D eigenvalue weighted by Crippen LogP contribution is -2.41. The summed E-state index contributed by atoms with van der Waals surface area (Å²) < 4.78 is 49.8. The van der Waals surface area contributed by atoms with Crippen LogP contribution in [0.4, 0.5) is 0 Å². The van der Waals surface area contributed by atoms with Crippen molar-refractivity contribution in [3.05, 3.63) is 12.2 Å². The maximum absolute atomic E-state index is 13.0. The molecule has 1 rings (SSSR count). The summed E-state index contributed by atoms with van der Waals surface area (Å²) in [5.41, 5.74) is -0.348. The largest absolute Gasteiger partial charge is 0.481 e. The molecular formula is C39H72N2O14. The van der Waals surface area contributed by atoms with Crippen molar-refractivity contribution in [2.45, 2.75) is 59.3 Å².